The molecule has 3 N–H and O–H groups in total. The predicted molar refractivity (Wildman–Crippen MR) is 82.4 cm³/mol. The molecule has 1 aliphatic rings. The molecule has 2 rings (SSSR count). The van der Waals surface area contributed by atoms with Gasteiger partial charge >= 0.3 is 0 Å². The van der Waals surface area contributed by atoms with Crippen molar-refractivity contribution in [1.82, 2.24) is 20.2 Å². The van der Waals surface area contributed by atoms with Gasteiger partial charge in [-0.1, -0.05) is 27.2 Å². The minimum atomic E-state index is -3.54. The quantitative estimate of drug-likeness (QED) is 0.681. The first-order valence-electron chi connectivity index (χ1n) is 7.64. The highest BCUT2D eigenvalue weighted by Crippen LogP contribution is 2.35. The summed E-state index contributed by atoms with van der Waals surface area (Å²) in [6.45, 7) is 8.53. The molecule has 6 nitrogen and oxygen atoms in total. The van der Waals surface area contributed by atoms with E-state index in [9.17, 15) is 8.42 Å². The maximum absolute atomic E-state index is 12.5. The number of nitrogens with zero attached hydrogens (tertiary/aromatic N) is 1. The molecule has 21 heavy (non-hydrogen) atoms. The molecule has 1 saturated carbocycles. The molecular formula is C14H26N4O2S. The Labute approximate surface area is 127 Å². The van der Waals surface area contributed by atoms with Gasteiger partial charge in [-0.15, -0.1) is 0 Å². The lowest BCUT2D eigenvalue weighted by atomic mass is 10.2. The highest BCUT2D eigenvalue weighted by Gasteiger charge is 2.40. The van der Waals surface area contributed by atoms with Crippen molar-refractivity contribution in [3.8, 4) is 0 Å². The van der Waals surface area contributed by atoms with Gasteiger partial charge in [0.2, 0.25) is 0 Å². The highest BCUT2D eigenvalue weighted by molar-refractivity contribution is 7.89. The van der Waals surface area contributed by atoms with Gasteiger partial charge in [-0.25, -0.2) is 13.1 Å². The summed E-state index contributed by atoms with van der Waals surface area (Å²) < 4.78 is 27.8. The number of aromatic amines is 1. The summed E-state index contributed by atoms with van der Waals surface area (Å²) in [6, 6.07) is 0.373. The summed E-state index contributed by atoms with van der Waals surface area (Å²) in [4.78, 5) is 0. The Bertz CT molecular complexity index is 580. The van der Waals surface area contributed by atoms with Gasteiger partial charge in [-0.05, 0) is 25.7 Å². The Balaban J connectivity index is 2.09. The molecule has 0 saturated heterocycles. The van der Waals surface area contributed by atoms with Gasteiger partial charge in [0.1, 0.15) is 0 Å². The fourth-order valence-corrected chi connectivity index (χ4v) is 4.02. The van der Waals surface area contributed by atoms with Crippen LogP contribution < -0.4 is 10.0 Å². The van der Waals surface area contributed by atoms with E-state index in [0.717, 1.165) is 30.5 Å². The number of aryl methyl sites for hydroxylation is 1. The molecule has 0 amide bonds. The van der Waals surface area contributed by atoms with Crippen LogP contribution in [-0.4, -0.2) is 30.7 Å². The normalized spacial score (nSPS) is 22.0. The van der Waals surface area contributed by atoms with Gasteiger partial charge in [0.05, 0.1) is 0 Å². The van der Waals surface area contributed by atoms with Crippen molar-refractivity contribution in [1.29, 1.82) is 0 Å². The third-order valence-electron chi connectivity index (χ3n) is 3.87. The van der Waals surface area contributed by atoms with Gasteiger partial charge in [0.25, 0.3) is 10.0 Å². The molecule has 1 fully saturated rings. The van der Waals surface area contributed by atoms with Gasteiger partial charge in [0, 0.05) is 29.9 Å². The van der Waals surface area contributed by atoms with E-state index in [1.807, 2.05) is 20.8 Å². The van der Waals surface area contributed by atoms with E-state index in [-0.39, 0.29) is 11.1 Å². The van der Waals surface area contributed by atoms with E-state index in [1.165, 1.54) is 0 Å². The van der Waals surface area contributed by atoms with Crippen LogP contribution in [-0.2, 0) is 16.6 Å². The van der Waals surface area contributed by atoms with Crippen LogP contribution in [0.15, 0.2) is 5.03 Å². The van der Waals surface area contributed by atoms with Crippen molar-refractivity contribution >= 4 is 10.0 Å². The second-order valence-electron chi connectivity index (χ2n) is 6.18. The number of sulfonamides is 1. The fourth-order valence-electron chi connectivity index (χ4n) is 2.50. The number of nitrogens with one attached hydrogen (secondary N) is 3. The van der Waals surface area contributed by atoms with Crippen LogP contribution in [0.5, 0.6) is 0 Å². The van der Waals surface area contributed by atoms with E-state index in [2.05, 4.69) is 27.2 Å². The molecule has 120 valence electrons. The lowest BCUT2D eigenvalue weighted by molar-refractivity contribution is 0.559. The molecule has 7 heteroatoms. The average molecular weight is 314 g/mol. The molecule has 0 bridgehead atoms. The molecule has 0 aliphatic heterocycles. The Morgan fingerprint density at radius 3 is 2.76 bits per heavy atom. The summed E-state index contributed by atoms with van der Waals surface area (Å²) in [5.41, 5.74) is 1.52. The topological polar surface area (TPSA) is 86.9 Å². The summed E-state index contributed by atoms with van der Waals surface area (Å²) in [5.74, 6) is 0.488. The van der Waals surface area contributed by atoms with Crippen molar-refractivity contribution in [2.45, 2.75) is 70.6 Å². The smallest absolute Gasteiger partial charge is 0.260 e. The lowest BCUT2D eigenvalue weighted by Gasteiger charge is -2.10. The molecule has 0 spiro atoms. The Kier molecular flexibility index (Phi) is 5.06. The number of hydrogen-bond acceptors (Lipinski definition) is 4. The van der Waals surface area contributed by atoms with Crippen LogP contribution >= 0.6 is 0 Å². The van der Waals surface area contributed by atoms with Gasteiger partial charge < -0.3 is 5.32 Å². The summed E-state index contributed by atoms with van der Waals surface area (Å²) in [5, 5.41) is 10.2. The van der Waals surface area contributed by atoms with Crippen LogP contribution in [0.2, 0.25) is 0 Å². The molecule has 2 unspecified atom stereocenters. The minimum absolute atomic E-state index is 0.0814. The Morgan fingerprint density at radius 1 is 1.43 bits per heavy atom. The van der Waals surface area contributed by atoms with Gasteiger partial charge in [0.15, 0.2) is 5.03 Å². The monoisotopic (exact) mass is 314 g/mol. The van der Waals surface area contributed by atoms with Gasteiger partial charge in [-0.3, -0.25) is 5.10 Å². The zero-order valence-electron chi connectivity index (χ0n) is 13.2. The molecule has 0 aromatic carbocycles. The summed E-state index contributed by atoms with van der Waals surface area (Å²) >= 11 is 0. The maximum Gasteiger partial charge on any atom is 0.260 e. The number of H-pyrrole nitrogens is 1. The molecule has 1 heterocycles. The number of rotatable bonds is 8. The van der Waals surface area contributed by atoms with Crippen LogP contribution in [0.4, 0.5) is 0 Å². The van der Waals surface area contributed by atoms with E-state index < -0.39 is 10.0 Å². The van der Waals surface area contributed by atoms with Crippen molar-refractivity contribution < 1.29 is 8.42 Å². The second kappa shape index (κ2) is 6.46. The highest BCUT2D eigenvalue weighted by atomic mass is 32.2. The zero-order valence-corrected chi connectivity index (χ0v) is 14.0. The third-order valence-corrected chi connectivity index (χ3v) is 5.33. The summed E-state index contributed by atoms with van der Waals surface area (Å²) in [7, 11) is -3.54. The van der Waals surface area contributed by atoms with Crippen LogP contribution in [0.25, 0.3) is 0 Å². The number of aromatic nitrogens is 2. The van der Waals surface area contributed by atoms with E-state index in [0.29, 0.717) is 18.5 Å². The Morgan fingerprint density at radius 2 is 2.14 bits per heavy atom. The van der Waals surface area contributed by atoms with E-state index in [4.69, 9.17) is 0 Å². The van der Waals surface area contributed by atoms with E-state index >= 15 is 0 Å². The second-order valence-corrected chi connectivity index (χ2v) is 7.81. The van der Waals surface area contributed by atoms with Crippen LogP contribution in [0, 0.1) is 12.8 Å². The molecular weight excluding hydrogens is 288 g/mol. The zero-order chi connectivity index (χ0) is 15.6. The van der Waals surface area contributed by atoms with Crippen molar-refractivity contribution in [3.63, 3.8) is 0 Å². The van der Waals surface area contributed by atoms with Crippen LogP contribution in [0.3, 0.4) is 0 Å². The molecule has 0 radical (unpaired) electrons. The maximum atomic E-state index is 12.5. The number of hydrogen-bond donors (Lipinski definition) is 3. The largest absolute Gasteiger partial charge is 0.310 e. The first kappa shape index (κ1) is 16.5. The standard InChI is InChI=1S/C14H26N4O2S/c1-5-6-11-7-13(11)18-21(19,20)14-12(8-15-9(2)3)10(4)16-17-14/h9,11,13,15,18H,5-8H2,1-4H3,(H,16,17). The SMILES string of the molecule is CCCC1CC1NS(=O)(=O)c1n[nH]c(C)c1CNC(C)C. The van der Waals surface area contributed by atoms with Crippen molar-refractivity contribution in [2.24, 2.45) is 5.92 Å². The molecule has 1 aromatic rings. The first-order chi connectivity index (χ1) is 9.85. The molecule has 1 aromatic heterocycles. The van der Waals surface area contributed by atoms with Gasteiger partial charge in [-0.2, -0.15) is 5.10 Å². The molecule has 2 atom stereocenters. The van der Waals surface area contributed by atoms with Crippen molar-refractivity contribution in [3.05, 3.63) is 11.3 Å². The minimum Gasteiger partial charge on any atom is -0.310 e. The first-order valence-corrected chi connectivity index (χ1v) is 9.13. The van der Waals surface area contributed by atoms with Crippen LogP contribution in [0.1, 0.15) is 51.3 Å². The van der Waals surface area contributed by atoms with E-state index in [1.54, 1.807) is 0 Å². The fraction of sp³-hybridized carbons (Fsp3) is 0.786. The lowest BCUT2D eigenvalue weighted by Crippen LogP contribution is -2.29. The summed E-state index contributed by atoms with van der Waals surface area (Å²) in [6.07, 6.45) is 3.11. The molecule has 1 aliphatic carbocycles. The van der Waals surface area contributed by atoms with Crippen molar-refractivity contribution in [2.75, 3.05) is 0 Å². The third kappa shape index (κ3) is 4.05. The average Bonchev–Trinajstić information content (AvgIpc) is 2.97. The Hall–Kier alpha value is -0.920. The predicted octanol–water partition coefficient (Wildman–Crippen LogP) is 1.68.